The van der Waals surface area contributed by atoms with Crippen LogP contribution in [0.5, 0.6) is 0 Å². The molecule has 1 amide bonds. The summed E-state index contributed by atoms with van der Waals surface area (Å²) in [5.74, 6) is 0. The monoisotopic (exact) mass is 331 g/mol. The van der Waals surface area contributed by atoms with Crippen LogP contribution in [0.3, 0.4) is 0 Å². The van der Waals surface area contributed by atoms with Crippen LogP contribution in [-0.4, -0.2) is 66.5 Å². The highest BCUT2D eigenvalue weighted by Crippen LogP contribution is 2.29. The van der Waals surface area contributed by atoms with Crippen molar-refractivity contribution in [2.75, 3.05) is 19.8 Å². The zero-order valence-corrected chi connectivity index (χ0v) is 15.2. The predicted molar refractivity (Wildman–Crippen MR) is 87.4 cm³/mol. The second-order valence-electron chi connectivity index (χ2n) is 7.73. The second kappa shape index (κ2) is 7.12. The van der Waals surface area contributed by atoms with Gasteiger partial charge in [-0.25, -0.2) is 4.79 Å². The number of β-amino-alcohol motifs (C(OH)–C–C–N with tert-alkyl or cyclic N) is 1. The van der Waals surface area contributed by atoms with E-state index in [-0.39, 0.29) is 25.2 Å². The Bertz CT molecular complexity index is 430. The van der Waals surface area contributed by atoms with E-state index >= 15 is 0 Å². The van der Waals surface area contributed by atoms with Gasteiger partial charge in [-0.15, -0.1) is 0 Å². The Morgan fingerprint density at radius 3 is 2.50 bits per heavy atom. The molecule has 22 heavy (non-hydrogen) atoms. The van der Waals surface area contributed by atoms with Crippen LogP contribution in [-0.2, 0) is 4.43 Å². The molecule has 0 fully saturated rings. The number of hydrogen-bond donors (Lipinski definition) is 3. The fraction of sp³-hybridized carbons (Fsp3) is 0.800. The van der Waals surface area contributed by atoms with Gasteiger partial charge in [0, 0.05) is 0 Å². The number of amides is 1. The van der Waals surface area contributed by atoms with Crippen molar-refractivity contribution in [2.24, 2.45) is 5.41 Å². The number of nitrogens with zero attached hydrogens (tertiary/aromatic N) is 1. The van der Waals surface area contributed by atoms with Crippen molar-refractivity contribution >= 4 is 14.4 Å². The Morgan fingerprint density at radius 1 is 1.45 bits per heavy atom. The zero-order chi connectivity index (χ0) is 17.1. The van der Waals surface area contributed by atoms with Crippen LogP contribution < -0.4 is 0 Å². The normalized spacial score (nSPS) is 23.4. The summed E-state index contributed by atoms with van der Waals surface area (Å²) in [5.41, 5.74) is 0.623. The van der Waals surface area contributed by atoms with Gasteiger partial charge < -0.3 is 19.7 Å². The molecular formula is C15H29NO5Si. The van der Waals surface area contributed by atoms with Gasteiger partial charge in [-0.1, -0.05) is 26.8 Å². The minimum Gasteiger partial charge on any atom is -0.465 e. The molecule has 0 saturated heterocycles. The number of carboxylic acid groups (broad SMARTS) is 1. The molecule has 0 bridgehead atoms. The van der Waals surface area contributed by atoms with Gasteiger partial charge in [-0.3, -0.25) is 4.90 Å². The maximum Gasteiger partial charge on any atom is 0.407 e. The van der Waals surface area contributed by atoms with E-state index in [9.17, 15) is 20.1 Å². The molecule has 3 N–H and O–H groups in total. The van der Waals surface area contributed by atoms with E-state index in [0.717, 1.165) is 6.04 Å². The van der Waals surface area contributed by atoms with Crippen LogP contribution in [0.4, 0.5) is 4.79 Å². The first kappa shape index (κ1) is 19.2. The average molecular weight is 331 g/mol. The molecule has 1 aliphatic rings. The smallest absolute Gasteiger partial charge is 0.407 e. The van der Waals surface area contributed by atoms with Crippen molar-refractivity contribution in [3.8, 4) is 0 Å². The first-order valence-electron chi connectivity index (χ1n) is 7.58. The summed E-state index contributed by atoms with van der Waals surface area (Å²) in [6.07, 6.45) is -0.419. The molecule has 0 aromatic heterocycles. The third kappa shape index (κ3) is 5.72. The molecule has 2 atom stereocenters. The number of hydrogen-bond acceptors (Lipinski definition) is 4. The number of rotatable bonds is 5. The van der Waals surface area contributed by atoms with Gasteiger partial charge in [-0.05, 0) is 30.1 Å². The molecule has 1 rings (SSSR count). The molecule has 128 valence electrons. The van der Waals surface area contributed by atoms with Crippen LogP contribution in [0.25, 0.3) is 0 Å². The Balaban J connectivity index is 2.79. The van der Waals surface area contributed by atoms with Crippen LogP contribution in [0, 0.1) is 5.41 Å². The minimum atomic E-state index is -1.91. The highest BCUT2D eigenvalue weighted by atomic mass is 28.4. The lowest BCUT2D eigenvalue weighted by Crippen LogP contribution is -2.51. The largest absolute Gasteiger partial charge is 0.465 e. The molecule has 7 heteroatoms. The lowest BCUT2D eigenvalue weighted by Gasteiger charge is -2.37. The molecule has 0 radical (unpaired) electrons. The van der Waals surface area contributed by atoms with E-state index in [2.05, 4.69) is 33.9 Å². The fourth-order valence-corrected chi connectivity index (χ4v) is 6.32. The maximum absolute atomic E-state index is 11.3. The van der Waals surface area contributed by atoms with Crippen LogP contribution >= 0.6 is 0 Å². The van der Waals surface area contributed by atoms with Gasteiger partial charge in [-0.2, -0.15) is 0 Å². The van der Waals surface area contributed by atoms with Gasteiger partial charge in [0.15, 0.2) is 8.32 Å². The average Bonchev–Trinajstić information content (AvgIpc) is 2.33. The molecule has 0 aromatic carbocycles. The molecule has 1 heterocycles. The quantitative estimate of drug-likeness (QED) is 0.529. The van der Waals surface area contributed by atoms with Crippen molar-refractivity contribution in [3.05, 3.63) is 11.6 Å². The highest BCUT2D eigenvalue weighted by Gasteiger charge is 2.34. The van der Waals surface area contributed by atoms with E-state index in [1.165, 1.54) is 4.90 Å². The van der Waals surface area contributed by atoms with Crippen molar-refractivity contribution in [1.29, 1.82) is 0 Å². The summed E-state index contributed by atoms with van der Waals surface area (Å²) < 4.78 is 6.08. The van der Waals surface area contributed by atoms with E-state index in [0.29, 0.717) is 5.57 Å². The SMILES string of the molecule is CC(C)(C)C[Si](C)(C)OCC1C=C(CO)C(O)CN1C(=O)O. The van der Waals surface area contributed by atoms with Gasteiger partial charge in [0.2, 0.25) is 0 Å². The Kier molecular flexibility index (Phi) is 6.20. The van der Waals surface area contributed by atoms with Gasteiger partial charge in [0.05, 0.1) is 31.9 Å². The van der Waals surface area contributed by atoms with E-state index in [1.807, 2.05) is 0 Å². The number of carbonyl (C=O) groups is 1. The lowest BCUT2D eigenvalue weighted by molar-refractivity contribution is 0.0683. The Hall–Kier alpha value is -0.893. The minimum absolute atomic E-state index is 0.0307. The molecule has 0 aliphatic carbocycles. The summed E-state index contributed by atoms with van der Waals surface area (Å²) in [6.45, 7) is 10.7. The molecule has 1 aliphatic heterocycles. The fourth-order valence-electron chi connectivity index (χ4n) is 3.04. The van der Waals surface area contributed by atoms with Crippen LogP contribution in [0.1, 0.15) is 20.8 Å². The number of aliphatic hydroxyl groups is 2. The second-order valence-corrected chi connectivity index (χ2v) is 11.9. The zero-order valence-electron chi connectivity index (χ0n) is 14.2. The molecule has 0 aromatic rings. The lowest BCUT2D eigenvalue weighted by atomic mass is 10.0. The van der Waals surface area contributed by atoms with Gasteiger partial charge in [0.1, 0.15) is 0 Å². The van der Waals surface area contributed by atoms with E-state index in [4.69, 9.17) is 4.43 Å². The summed E-state index contributed by atoms with van der Waals surface area (Å²) >= 11 is 0. The van der Waals surface area contributed by atoms with Gasteiger partial charge >= 0.3 is 6.09 Å². The van der Waals surface area contributed by atoms with Crippen LogP contribution in [0.2, 0.25) is 19.1 Å². The third-order valence-corrected chi connectivity index (χ3v) is 6.49. The number of aliphatic hydroxyl groups excluding tert-OH is 2. The summed E-state index contributed by atoms with van der Waals surface area (Å²) in [5, 5.41) is 28.4. The first-order chi connectivity index (χ1) is 9.95. The van der Waals surface area contributed by atoms with Gasteiger partial charge in [0.25, 0.3) is 0 Å². The summed E-state index contributed by atoms with van der Waals surface area (Å²) in [7, 11) is -1.91. The predicted octanol–water partition coefficient (Wildman–Crippen LogP) is 1.90. The maximum atomic E-state index is 11.3. The van der Waals surface area contributed by atoms with E-state index < -0.39 is 26.6 Å². The molecular weight excluding hydrogens is 302 g/mol. The van der Waals surface area contributed by atoms with Crippen molar-refractivity contribution in [3.63, 3.8) is 0 Å². The van der Waals surface area contributed by atoms with Crippen LogP contribution in [0.15, 0.2) is 11.6 Å². The molecule has 6 nitrogen and oxygen atoms in total. The highest BCUT2D eigenvalue weighted by molar-refractivity contribution is 6.71. The topological polar surface area (TPSA) is 90.2 Å². The third-order valence-electron chi connectivity index (χ3n) is 3.63. The summed E-state index contributed by atoms with van der Waals surface area (Å²) in [6, 6.07) is 0.508. The first-order valence-corrected chi connectivity index (χ1v) is 10.7. The van der Waals surface area contributed by atoms with Crippen molar-refractivity contribution in [1.82, 2.24) is 4.90 Å². The van der Waals surface area contributed by atoms with E-state index in [1.54, 1.807) is 6.08 Å². The molecule has 2 unspecified atom stereocenters. The molecule has 0 spiro atoms. The van der Waals surface area contributed by atoms with Crippen molar-refractivity contribution < 1.29 is 24.5 Å². The van der Waals surface area contributed by atoms with Crippen molar-refractivity contribution in [2.45, 2.75) is 52.1 Å². The standard InChI is InChI=1S/C15H29NO5Si/c1-15(2,3)10-22(4,5)21-9-12-6-11(8-17)13(18)7-16(12)14(19)20/h6,12-13,17-18H,7-10H2,1-5H3,(H,19,20). The Labute approximate surface area is 133 Å². The Morgan fingerprint density at radius 2 is 2.05 bits per heavy atom. The summed E-state index contributed by atoms with van der Waals surface area (Å²) in [4.78, 5) is 12.5. The molecule has 0 saturated carbocycles.